The number of carbonyl (C=O) groups excluding carboxylic acids is 1. The Morgan fingerprint density at radius 1 is 1.48 bits per heavy atom. The van der Waals surface area contributed by atoms with E-state index in [0.717, 1.165) is 18.7 Å². The van der Waals surface area contributed by atoms with Crippen LogP contribution in [0.1, 0.15) is 24.3 Å². The number of likely N-dealkylation sites (tertiary alicyclic amines) is 1. The van der Waals surface area contributed by atoms with Crippen LogP contribution in [0.5, 0.6) is 0 Å². The van der Waals surface area contributed by atoms with Crippen molar-refractivity contribution in [2.75, 3.05) is 6.54 Å². The van der Waals surface area contributed by atoms with Crippen molar-refractivity contribution in [3.05, 3.63) is 48.4 Å². The number of amides is 1. The topological polar surface area (TPSA) is 85.2 Å². The lowest BCUT2D eigenvalue weighted by Crippen LogP contribution is -2.51. The molecule has 1 aliphatic heterocycles. The predicted molar refractivity (Wildman–Crippen MR) is 78.5 cm³/mol. The quantitative estimate of drug-likeness (QED) is 0.924. The minimum atomic E-state index is -0.865. The highest BCUT2D eigenvalue weighted by molar-refractivity contribution is 5.86. The maximum absolute atomic E-state index is 12.2. The number of aromatic nitrogens is 2. The molecule has 112 valence electrons. The van der Waals surface area contributed by atoms with Gasteiger partial charge in [-0.3, -0.25) is 9.69 Å². The third-order valence-electron chi connectivity index (χ3n) is 3.85. The van der Waals surface area contributed by atoms with Crippen LogP contribution in [-0.4, -0.2) is 27.3 Å². The van der Waals surface area contributed by atoms with E-state index in [1.165, 1.54) is 6.33 Å². The normalized spacial score (nSPS) is 21.9. The first-order chi connectivity index (χ1) is 9.73. The van der Waals surface area contributed by atoms with Crippen LogP contribution in [0.3, 0.4) is 0 Å². The SMILES string of the molecule is Cl.NC(=O)C1(c2ccncn2)CCCN1Cc1ccco1. The van der Waals surface area contributed by atoms with Gasteiger partial charge in [0.15, 0.2) is 0 Å². The molecule has 1 fully saturated rings. The summed E-state index contributed by atoms with van der Waals surface area (Å²) in [6.07, 6.45) is 6.27. The highest BCUT2D eigenvalue weighted by Gasteiger charge is 2.48. The standard InChI is InChI=1S/C14H16N4O2.ClH/c15-13(19)14(12-4-6-16-10-17-12)5-2-7-18(14)9-11-3-1-8-20-11;/h1,3-4,6,8,10H,2,5,7,9H2,(H2,15,19);1H. The molecule has 0 radical (unpaired) electrons. The van der Waals surface area contributed by atoms with Crippen molar-refractivity contribution < 1.29 is 9.21 Å². The van der Waals surface area contributed by atoms with Gasteiger partial charge in [-0.1, -0.05) is 0 Å². The molecule has 2 N–H and O–H groups in total. The highest BCUT2D eigenvalue weighted by atomic mass is 35.5. The van der Waals surface area contributed by atoms with Crippen LogP contribution in [0.25, 0.3) is 0 Å². The molecule has 1 saturated heterocycles. The molecule has 2 aromatic heterocycles. The minimum Gasteiger partial charge on any atom is -0.468 e. The molecule has 21 heavy (non-hydrogen) atoms. The van der Waals surface area contributed by atoms with E-state index in [-0.39, 0.29) is 18.3 Å². The van der Waals surface area contributed by atoms with E-state index in [1.807, 2.05) is 17.0 Å². The van der Waals surface area contributed by atoms with Crippen LogP contribution in [0.15, 0.2) is 41.4 Å². The summed E-state index contributed by atoms with van der Waals surface area (Å²) in [6, 6.07) is 5.48. The average Bonchev–Trinajstić information content (AvgIpc) is 3.10. The van der Waals surface area contributed by atoms with Gasteiger partial charge in [-0.25, -0.2) is 9.97 Å². The number of furan rings is 1. The maximum Gasteiger partial charge on any atom is 0.244 e. The zero-order valence-electron chi connectivity index (χ0n) is 11.4. The zero-order chi connectivity index (χ0) is 14.0. The molecule has 1 atom stereocenters. The summed E-state index contributed by atoms with van der Waals surface area (Å²) in [5, 5.41) is 0. The minimum absolute atomic E-state index is 0. The van der Waals surface area contributed by atoms with Crippen LogP contribution < -0.4 is 5.73 Å². The lowest BCUT2D eigenvalue weighted by molar-refractivity contribution is -0.130. The van der Waals surface area contributed by atoms with Gasteiger partial charge >= 0.3 is 0 Å². The number of halogens is 1. The summed E-state index contributed by atoms with van der Waals surface area (Å²) in [5.74, 6) is 0.437. The number of carbonyl (C=O) groups is 1. The van der Waals surface area contributed by atoms with Gasteiger partial charge in [0.1, 0.15) is 17.6 Å². The first-order valence-electron chi connectivity index (χ1n) is 6.57. The first kappa shape index (κ1) is 15.5. The lowest BCUT2D eigenvalue weighted by Gasteiger charge is -2.34. The number of primary amides is 1. The first-order valence-corrected chi connectivity index (χ1v) is 6.57. The van der Waals surface area contributed by atoms with Crippen molar-refractivity contribution in [2.24, 2.45) is 5.73 Å². The summed E-state index contributed by atoms with van der Waals surface area (Å²) >= 11 is 0. The molecule has 0 saturated carbocycles. The summed E-state index contributed by atoms with van der Waals surface area (Å²) in [5.41, 5.74) is 5.50. The Labute approximate surface area is 128 Å². The molecule has 7 heteroatoms. The van der Waals surface area contributed by atoms with E-state index in [0.29, 0.717) is 18.7 Å². The molecular weight excluding hydrogens is 292 g/mol. The Hall–Kier alpha value is -1.92. The number of hydrogen-bond acceptors (Lipinski definition) is 5. The van der Waals surface area contributed by atoms with Crippen molar-refractivity contribution in [3.63, 3.8) is 0 Å². The largest absolute Gasteiger partial charge is 0.468 e. The Kier molecular flexibility index (Phi) is 4.59. The van der Waals surface area contributed by atoms with Crippen LogP contribution in [-0.2, 0) is 16.9 Å². The van der Waals surface area contributed by atoms with Gasteiger partial charge < -0.3 is 10.2 Å². The van der Waals surface area contributed by atoms with Gasteiger partial charge in [-0.15, -0.1) is 12.4 Å². The number of rotatable bonds is 4. The Bertz CT molecular complexity index is 590. The molecule has 1 amide bonds. The van der Waals surface area contributed by atoms with E-state index < -0.39 is 5.54 Å². The van der Waals surface area contributed by atoms with Crippen LogP contribution in [0.2, 0.25) is 0 Å². The van der Waals surface area contributed by atoms with E-state index in [1.54, 1.807) is 18.5 Å². The van der Waals surface area contributed by atoms with Gasteiger partial charge in [0, 0.05) is 12.7 Å². The Balaban J connectivity index is 0.00000161. The predicted octanol–water partition coefficient (Wildman–Crippen LogP) is 1.47. The van der Waals surface area contributed by atoms with Gasteiger partial charge in [0.05, 0.1) is 18.5 Å². The van der Waals surface area contributed by atoms with E-state index in [9.17, 15) is 4.79 Å². The molecule has 0 aromatic carbocycles. The number of hydrogen-bond donors (Lipinski definition) is 1. The van der Waals surface area contributed by atoms with E-state index in [4.69, 9.17) is 10.2 Å². The van der Waals surface area contributed by atoms with Gasteiger partial charge in [-0.05, 0) is 31.0 Å². The average molecular weight is 309 g/mol. The number of nitrogens with two attached hydrogens (primary N) is 1. The molecule has 6 nitrogen and oxygen atoms in total. The van der Waals surface area contributed by atoms with E-state index >= 15 is 0 Å². The summed E-state index contributed by atoms with van der Waals surface area (Å²) < 4.78 is 5.38. The Morgan fingerprint density at radius 2 is 2.33 bits per heavy atom. The van der Waals surface area contributed by atoms with Gasteiger partial charge in [0.25, 0.3) is 0 Å². The summed E-state index contributed by atoms with van der Waals surface area (Å²) in [6.45, 7) is 1.33. The fourth-order valence-corrected chi connectivity index (χ4v) is 2.91. The van der Waals surface area contributed by atoms with Crippen molar-refractivity contribution in [1.29, 1.82) is 0 Å². The van der Waals surface area contributed by atoms with Gasteiger partial charge in [-0.2, -0.15) is 0 Å². The molecule has 3 rings (SSSR count). The summed E-state index contributed by atoms with van der Waals surface area (Å²) in [7, 11) is 0. The maximum atomic E-state index is 12.2. The van der Waals surface area contributed by atoms with Crippen LogP contribution >= 0.6 is 12.4 Å². The molecular formula is C14H17ClN4O2. The van der Waals surface area contributed by atoms with Crippen LogP contribution in [0, 0.1) is 0 Å². The van der Waals surface area contributed by atoms with Crippen molar-refractivity contribution in [1.82, 2.24) is 14.9 Å². The van der Waals surface area contributed by atoms with E-state index in [2.05, 4.69) is 9.97 Å². The third-order valence-corrected chi connectivity index (χ3v) is 3.85. The second kappa shape index (κ2) is 6.24. The van der Waals surface area contributed by atoms with Crippen molar-refractivity contribution >= 4 is 18.3 Å². The Morgan fingerprint density at radius 3 is 2.95 bits per heavy atom. The summed E-state index contributed by atoms with van der Waals surface area (Å²) in [4.78, 5) is 22.3. The highest BCUT2D eigenvalue weighted by Crippen LogP contribution is 2.38. The van der Waals surface area contributed by atoms with Crippen molar-refractivity contribution in [3.8, 4) is 0 Å². The second-order valence-electron chi connectivity index (χ2n) is 4.92. The molecule has 3 heterocycles. The molecule has 2 aromatic rings. The zero-order valence-corrected chi connectivity index (χ0v) is 12.3. The molecule has 1 unspecified atom stereocenters. The van der Waals surface area contributed by atoms with Crippen molar-refractivity contribution in [2.45, 2.75) is 24.9 Å². The molecule has 0 spiro atoms. The molecule has 1 aliphatic rings. The van der Waals surface area contributed by atoms with Crippen LogP contribution in [0.4, 0.5) is 0 Å². The van der Waals surface area contributed by atoms with Gasteiger partial charge in [0.2, 0.25) is 5.91 Å². The second-order valence-corrected chi connectivity index (χ2v) is 4.92. The third kappa shape index (κ3) is 2.64. The lowest BCUT2D eigenvalue weighted by atomic mass is 9.90. The smallest absolute Gasteiger partial charge is 0.244 e. The monoisotopic (exact) mass is 308 g/mol. The number of nitrogens with zero attached hydrogens (tertiary/aromatic N) is 3. The fraction of sp³-hybridized carbons (Fsp3) is 0.357. The molecule has 0 aliphatic carbocycles. The molecule has 0 bridgehead atoms. The fourth-order valence-electron chi connectivity index (χ4n) is 2.91.